The third-order valence-electron chi connectivity index (χ3n) is 2.87. The Morgan fingerprint density at radius 1 is 1.50 bits per heavy atom. The van der Waals surface area contributed by atoms with Gasteiger partial charge >= 0.3 is 0 Å². The maximum atomic E-state index is 11.7. The van der Waals surface area contributed by atoms with Gasteiger partial charge in [0.05, 0.1) is 12.5 Å². The highest BCUT2D eigenvalue weighted by Crippen LogP contribution is 2.29. The van der Waals surface area contributed by atoms with Gasteiger partial charge < -0.3 is 10.6 Å². The molecule has 2 amide bonds. The molecule has 0 radical (unpaired) electrons. The lowest BCUT2D eigenvalue weighted by Gasteiger charge is -2.26. The number of hydrogen-bond acceptors (Lipinski definition) is 3. The summed E-state index contributed by atoms with van der Waals surface area (Å²) in [6.45, 7) is 0. The Hall–Kier alpha value is -1.49. The summed E-state index contributed by atoms with van der Waals surface area (Å²) in [7, 11) is 0. The second-order valence-corrected chi connectivity index (χ2v) is 5.19. The fraction of sp³-hybridized carbons (Fsp3) is 0.385. The van der Waals surface area contributed by atoms with Gasteiger partial charge in [0.2, 0.25) is 11.8 Å². The van der Waals surface area contributed by atoms with Crippen molar-refractivity contribution in [2.75, 3.05) is 17.3 Å². The SMILES string of the molecule is CSCCC(=O)NC1CC(=O)Nc2ccccc21. The van der Waals surface area contributed by atoms with Gasteiger partial charge in [-0.15, -0.1) is 0 Å². The Kier molecular flexibility index (Phi) is 4.25. The third kappa shape index (κ3) is 3.04. The summed E-state index contributed by atoms with van der Waals surface area (Å²) in [6, 6.07) is 7.38. The van der Waals surface area contributed by atoms with Crippen molar-refractivity contribution >= 4 is 29.3 Å². The molecule has 1 aliphatic heterocycles. The molecule has 0 bridgehead atoms. The quantitative estimate of drug-likeness (QED) is 0.873. The Morgan fingerprint density at radius 3 is 3.06 bits per heavy atom. The van der Waals surface area contributed by atoms with Gasteiger partial charge in [0.25, 0.3) is 0 Å². The lowest BCUT2D eigenvalue weighted by molar-refractivity contribution is -0.122. The van der Waals surface area contributed by atoms with Gasteiger partial charge in [0.15, 0.2) is 0 Å². The largest absolute Gasteiger partial charge is 0.349 e. The van der Waals surface area contributed by atoms with Gasteiger partial charge in [-0.1, -0.05) is 18.2 Å². The second kappa shape index (κ2) is 5.91. The predicted molar refractivity (Wildman–Crippen MR) is 73.6 cm³/mol. The Bertz CT molecular complexity index is 462. The number of thioether (sulfide) groups is 1. The van der Waals surface area contributed by atoms with Crippen LogP contribution in [0.3, 0.4) is 0 Å². The molecule has 96 valence electrons. The van der Waals surface area contributed by atoms with E-state index < -0.39 is 0 Å². The van der Waals surface area contributed by atoms with Crippen LogP contribution < -0.4 is 10.6 Å². The first-order valence-corrected chi connectivity index (χ1v) is 7.27. The number of carbonyl (C=O) groups excluding carboxylic acids is 2. The van der Waals surface area contributed by atoms with Crippen LogP contribution in [0.15, 0.2) is 24.3 Å². The number of nitrogens with one attached hydrogen (secondary N) is 2. The average Bonchev–Trinajstić information content (AvgIpc) is 2.36. The zero-order valence-corrected chi connectivity index (χ0v) is 11.0. The van der Waals surface area contributed by atoms with E-state index in [-0.39, 0.29) is 17.9 Å². The molecular formula is C13H16N2O2S. The van der Waals surface area contributed by atoms with Crippen molar-refractivity contribution in [3.05, 3.63) is 29.8 Å². The molecule has 1 atom stereocenters. The number of hydrogen-bond donors (Lipinski definition) is 2. The molecule has 1 heterocycles. The summed E-state index contributed by atoms with van der Waals surface area (Å²) >= 11 is 1.64. The summed E-state index contributed by atoms with van der Waals surface area (Å²) in [4.78, 5) is 23.3. The van der Waals surface area contributed by atoms with Crippen LogP contribution in [0.5, 0.6) is 0 Å². The molecule has 0 fully saturated rings. The molecule has 0 spiro atoms. The molecule has 2 N–H and O–H groups in total. The van der Waals surface area contributed by atoms with Gasteiger partial charge in [-0.25, -0.2) is 0 Å². The fourth-order valence-corrected chi connectivity index (χ4v) is 2.39. The van der Waals surface area contributed by atoms with Crippen molar-refractivity contribution in [3.63, 3.8) is 0 Å². The molecular weight excluding hydrogens is 248 g/mol. The van der Waals surface area contributed by atoms with Gasteiger partial charge in [0.1, 0.15) is 0 Å². The molecule has 4 nitrogen and oxygen atoms in total. The van der Waals surface area contributed by atoms with Crippen LogP contribution in [-0.2, 0) is 9.59 Å². The molecule has 0 saturated carbocycles. The van der Waals surface area contributed by atoms with Crippen molar-refractivity contribution in [2.45, 2.75) is 18.9 Å². The average molecular weight is 264 g/mol. The van der Waals surface area contributed by atoms with Crippen LogP contribution in [0.4, 0.5) is 5.69 Å². The highest BCUT2D eigenvalue weighted by molar-refractivity contribution is 7.98. The summed E-state index contributed by atoms with van der Waals surface area (Å²) in [6.07, 6.45) is 2.76. The van der Waals surface area contributed by atoms with Gasteiger partial charge in [0, 0.05) is 17.9 Å². The maximum absolute atomic E-state index is 11.7. The molecule has 1 unspecified atom stereocenters. The number of benzene rings is 1. The Labute approximate surface area is 111 Å². The molecule has 0 aliphatic carbocycles. The van der Waals surface area contributed by atoms with Gasteiger partial charge in [-0.2, -0.15) is 11.8 Å². The molecule has 5 heteroatoms. The number of fused-ring (bicyclic) bond motifs is 1. The van der Waals surface area contributed by atoms with E-state index in [2.05, 4.69) is 10.6 Å². The van der Waals surface area contributed by atoms with E-state index in [0.717, 1.165) is 17.0 Å². The smallest absolute Gasteiger partial charge is 0.226 e. The first kappa shape index (κ1) is 13.0. The van der Waals surface area contributed by atoms with Crippen molar-refractivity contribution in [1.82, 2.24) is 5.32 Å². The summed E-state index contributed by atoms with van der Waals surface area (Å²) < 4.78 is 0. The normalized spacial score (nSPS) is 17.8. The molecule has 0 saturated heterocycles. The van der Waals surface area contributed by atoms with Gasteiger partial charge in [-0.05, 0) is 17.9 Å². The second-order valence-electron chi connectivity index (χ2n) is 4.20. The van der Waals surface area contributed by atoms with E-state index in [1.807, 2.05) is 30.5 Å². The van der Waals surface area contributed by atoms with E-state index in [9.17, 15) is 9.59 Å². The zero-order chi connectivity index (χ0) is 13.0. The van der Waals surface area contributed by atoms with Crippen molar-refractivity contribution in [2.24, 2.45) is 0 Å². The number of anilines is 1. The zero-order valence-electron chi connectivity index (χ0n) is 10.2. The number of carbonyl (C=O) groups is 2. The highest BCUT2D eigenvalue weighted by atomic mass is 32.2. The minimum Gasteiger partial charge on any atom is -0.349 e. The molecule has 18 heavy (non-hydrogen) atoms. The topological polar surface area (TPSA) is 58.2 Å². The fourth-order valence-electron chi connectivity index (χ4n) is 2.00. The number of rotatable bonds is 4. The maximum Gasteiger partial charge on any atom is 0.226 e. The van der Waals surface area contributed by atoms with Crippen LogP contribution >= 0.6 is 11.8 Å². The Morgan fingerprint density at radius 2 is 2.28 bits per heavy atom. The molecule has 1 aliphatic rings. The van der Waals surface area contributed by atoms with Crippen LogP contribution in [0.2, 0.25) is 0 Å². The monoisotopic (exact) mass is 264 g/mol. The predicted octanol–water partition coefficient (Wildman–Crippen LogP) is 1.94. The first-order chi connectivity index (χ1) is 8.70. The van der Waals surface area contributed by atoms with Crippen LogP contribution in [0.25, 0.3) is 0 Å². The lowest BCUT2D eigenvalue weighted by atomic mass is 9.97. The summed E-state index contributed by atoms with van der Waals surface area (Å²) in [5.74, 6) is 0.745. The molecule has 0 aromatic heterocycles. The molecule has 1 aromatic rings. The highest BCUT2D eigenvalue weighted by Gasteiger charge is 2.25. The summed E-state index contributed by atoms with van der Waals surface area (Å²) in [5, 5.41) is 5.74. The lowest BCUT2D eigenvalue weighted by Crippen LogP contribution is -2.35. The molecule has 2 rings (SSSR count). The van der Waals surface area contributed by atoms with E-state index in [1.165, 1.54) is 0 Å². The third-order valence-corrected chi connectivity index (χ3v) is 3.48. The van der Waals surface area contributed by atoms with Crippen LogP contribution in [-0.4, -0.2) is 23.8 Å². The molecule has 1 aromatic carbocycles. The standard InChI is InChI=1S/C13H16N2O2S/c1-18-7-6-12(16)15-11-8-13(17)14-10-5-3-2-4-9(10)11/h2-5,11H,6-8H2,1H3,(H,14,17)(H,15,16). The number of para-hydroxylation sites is 1. The van der Waals surface area contributed by atoms with Crippen LogP contribution in [0.1, 0.15) is 24.4 Å². The van der Waals surface area contributed by atoms with Gasteiger partial charge in [-0.3, -0.25) is 9.59 Å². The van der Waals surface area contributed by atoms with E-state index in [4.69, 9.17) is 0 Å². The van der Waals surface area contributed by atoms with Crippen LogP contribution in [0, 0.1) is 0 Å². The minimum atomic E-state index is -0.204. The summed E-state index contributed by atoms with van der Waals surface area (Å²) in [5.41, 5.74) is 1.78. The number of amides is 2. The van der Waals surface area contributed by atoms with Crippen molar-refractivity contribution < 1.29 is 9.59 Å². The van der Waals surface area contributed by atoms with Crippen molar-refractivity contribution in [3.8, 4) is 0 Å². The van der Waals surface area contributed by atoms with E-state index in [0.29, 0.717) is 12.8 Å². The minimum absolute atomic E-state index is 0.00106. The van der Waals surface area contributed by atoms with E-state index in [1.54, 1.807) is 11.8 Å². The van der Waals surface area contributed by atoms with Crippen molar-refractivity contribution in [1.29, 1.82) is 0 Å². The Balaban J connectivity index is 2.09. The van der Waals surface area contributed by atoms with E-state index >= 15 is 0 Å². The first-order valence-electron chi connectivity index (χ1n) is 5.88.